The number of benzene rings is 1. The van der Waals surface area contributed by atoms with E-state index in [0.717, 1.165) is 47.9 Å². The van der Waals surface area contributed by atoms with Gasteiger partial charge in [-0.05, 0) is 32.4 Å². The fourth-order valence-electron chi connectivity index (χ4n) is 3.84. The number of carbonyl (C=O) groups is 1. The lowest BCUT2D eigenvalue weighted by molar-refractivity contribution is -0.130. The quantitative estimate of drug-likeness (QED) is 0.737. The van der Waals surface area contributed by atoms with E-state index in [0.29, 0.717) is 12.5 Å². The summed E-state index contributed by atoms with van der Waals surface area (Å²) in [7, 11) is 2.03. The first-order valence-corrected chi connectivity index (χ1v) is 8.72. The highest BCUT2D eigenvalue weighted by Gasteiger charge is 2.30. The van der Waals surface area contributed by atoms with Crippen molar-refractivity contribution in [3.8, 4) is 0 Å². The van der Waals surface area contributed by atoms with Gasteiger partial charge in [0.1, 0.15) is 18.2 Å². The van der Waals surface area contributed by atoms with Gasteiger partial charge in [0.25, 0.3) is 0 Å². The number of aromatic nitrogens is 4. The number of carbonyl (C=O) groups excluding carboxylic acids is 1. The highest BCUT2D eigenvalue weighted by Crippen LogP contribution is 2.27. The molecule has 6 nitrogen and oxygen atoms in total. The number of likely N-dealkylation sites (tertiary alicyclic amines) is 1. The van der Waals surface area contributed by atoms with Crippen molar-refractivity contribution in [3.05, 3.63) is 47.8 Å². The Balaban J connectivity index is 1.50. The average Bonchev–Trinajstić information content (AvgIpc) is 3.26. The van der Waals surface area contributed by atoms with Crippen LogP contribution in [0.4, 0.5) is 0 Å². The maximum Gasteiger partial charge on any atom is 0.242 e. The minimum Gasteiger partial charge on any atom is -0.340 e. The predicted molar refractivity (Wildman–Crippen MR) is 96.4 cm³/mol. The van der Waals surface area contributed by atoms with Crippen molar-refractivity contribution in [2.45, 2.75) is 32.7 Å². The van der Waals surface area contributed by atoms with Crippen molar-refractivity contribution >= 4 is 16.9 Å². The van der Waals surface area contributed by atoms with Crippen LogP contribution in [0.3, 0.4) is 0 Å². The highest BCUT2D eigenvalue weighted by molar-refractivity contribution is 5.81. The lowest BCUT2D eigenvalue weighted by Gasteiger charge is -2.17. The maximum absolute atomic E-state index is 12.8. The Kier molecular flexibility index (Phi) is 3.82. The SMILES string of the molecule is Cc1cn(C)c([C@@H]2CCN(C(=O)Cn3c(C)nc4ccccc43)C2)n1. The Morgan fingerprint density at radius 2 is 2.04 bits per heavy atom. The van der Waals surface area contributed by atoms with Gasteiger partial charge in [-0.2, -0.15) is 0 Å². The molecule has 0 aliphatic carbocycles. The molecule has 0 radical (unpaired) electrons. The maximum atomic E-state index is 12.8. The molecule has 0 N–H and O–H groups in total. The van der Waals surface area contributed by atoms with Crippen molar-refractivity contribution in [1.82, 2.24) is 24.0 Å². The standard InChI is InChI=1S/C19H23N5O/c1-13-10-22(3)19(20-13)15-8-9-23(11-15)18(25)12-24-14(2)21-16-6-4-5-7-17(16)24/h4-7,10,15H,8-9,11-12H2,1-3H3/t15-/m1/s1. The first kappa shape index (κ1) is 15.9. The smallest absolute Gasteiger partial charge is 0.242 e. The van der Waals surface area contributed by atoms with Crippen molar-refractivity contribution < 1.29 is 4.79 Å². The summed E-state index contributed by atoms with van der Waals surface area (Å²) >= 11 is 0. The predicted octanol–water partition coefficient (Wildman–Crippen LogP) is 2.40. The molecule has 1 atom stereocenters. The first-order valence-electron chi connectivity index (χ1n) is 8.72. The monoisotopic (exact) mass is 337 g/mol. The van der Waals surface area contributed by atoms with Gasteiger partial charge in [0.05, 0.1) is 16.7 Å². The number of aryl methyl sites for hydroxylation is 3. The number of para-hydroxylation sites is 2. The van der Waals surface area contributed by atoms with Crippen LogP contribution in [0.2, 0.25) is 0 Å². The summed E-state index contributed by atoms with van der Waals surface area (Å²) in [4.78, 5) is 24.0. The van der Waals surface area contributed by atoms with Crippen LogP contribution in [0.5, 0.6) is 0 Å². The van der Waals surface area contributed by atoms with Gasteiger partial charge in [-0.15, -0.1) is 0 Å². The van der Waals surface area contributed by atoms with E-state index in [9.17, 15) is 4.79 Å². The molecule has 2 aromatic heterocycles. The molecule has 0 bridgehead atoms. The Labute approximate surface area is 147 Å². The lowest BCUT2D eigenvalue weighted by atomic mass is 10.1. The Morgan fingerprint density at radius 1 is 1.24 bits per heavy atom. The number of imidazole rings is 2. The zero-order valence-electron chi connectivity index (χ0n) is 14.9. The number of nitrogens with zero attached hydrogens (tertiary/aromatic N) is 5. The summed E-state index contributed by atoms with van der Waals surface area (Å²) in [6, 6.07) is 7.96. The molecule has 6 heteroatoms. The van der Waals surface area contributed by atoms with Gasteiger partial charge in [0.2, 0.25) is 5.91 Å². The first-order chi connectivity index (χ1) is 12.0. The van der Waals surface area contributed by atoms with Crippen LogP contribution in [-0.2, 0) is 18.4 Å². The van der Waals surface area contributed by atoms with Crippen LogP contribution in [0, 0.1) is 13.8 Å². The van der Waals surface area contributed by atoms with Gasteiger partial charge in [0, 0.05) is 32.3 Å². The minimum atomic E-state index is 0.152. The van der Waals surface area contributed by atoms with E-state index in [1.807, 2.05) is 60.8 Å². The number of amides is 1. The van der Waals surface area contributed by atoms with Gasteiger partial charge >= 0.3 is 0 Å². The molecular weight excluding hydrogens is 314 g/mol. The van der Waals surface area contributed by atoms with Crippen molar-refractivity contribution in [2.75, 3.05) is 13.1 Å². The van der Waals surface area contributed by atoms with Gasteiger partial charge in [-0.1, -0.05) is 12.1 Å². The molecule has 1 aromatic carbocycles. The van der Waals surface area contributed by atoms with Crippen LogP contribution in [0.15, 0.2) is 30.5 Å². The largest absolute Gasteiger partial charge is 0.340 e. The van der Waals surface area contributed by atoms with Gasteiger partial charge in [-0.3, -0.25) is 4.79 Å². The summed E-state index contributed by atoms with van der Waals surface area (Å²) in [5.41, 5.74) is 2.99. The molecule has 1 amide bonds. The molecule has 1 aliphatic heterocycles. The third-order valence-electron chi connectivity index (χ3n) is 5.08. The summed E-state index contributed by atoms with van der Waals surface area (Å²) in [6.45, 7) is 5.85. The van der Waals surface area contributed by atoms with E-state index in [-0.39, 0.29) is 5.91 Å². The van der Waals surface area contributed by atoms with Crippen LogP contribution >= 0.6 is 0 Å². The molecule has 0 saturated carbocycles. The van der Waals surface area contributed by atoms with Crippen LogP contribution in [0.25, 0.3) is 11.0 Å². The molecule has 1 fully saturated rings. The minimum absolute atomic E-state index is 0.152. The van der Waals surface area contributed by atoms with Crippen LogP contribution < -0.4 is 0 Å². The fraction of sp³-hybridized carbons (Fsp3) is 0.421. The number of hydrogen-bond donors (Lipinski definition) is 0. The molecule has 1 aliphatic rings. The van der Waals surface area contributed by atoms with Crippen molar-refractivity contribution in [3.63, 3.8) is 0 Å². The normalized spacial score (nSPS) is 17.6. The number of rotatable bonds is 3. The van der Waals surface area contributed by atoms with E-state index in [4.69, 9.17) is 0 Å². The molecule has 3 heterocycles. The summed E-state index contributed by atoms with van der Waals surface area (Å²) in [6.07, 6.45) is 3.01. The summed E-state index contributed by atoms with van der Waals surface area (Å²) < 4.78 is 4.09. The van der Waals surface area contributed by atoms with Gasteiger partial charge < -0.3 is 14.0 Å². The van der Waals surface area contributed by atoms with E-state index in [1.165, 1.54) is 0 Å². The topological polar surface area (TPSA) is 56.0 Å². The van der Waals surface area contributed by atoms with E-state index in [2.05, 4.69) is 14.5 Å². The summed E-state index contributed by atoms with van der Waals surface area (Å²) in [5.74, 6) is 2.44. The molecule has 1 saturated heterocycles. The Morgan fingerprint density at radius 3 is 2.80 bits per heavy atom. The number of fused-ring (bicyclic) bond motifs is 1. The van der Waals surface area contributed by atoms with Crippen molar-refractivity contribution in [1.29, 1.82) is 0 Å². The Hall–Kier alpha value is -2.63. The van der Waals surface area contributed by atoms with Gasteiger partial charge in [-0.25, -0.2) is 9.97 Å². The second-order valence-corrected chi connectivity index (χ2v) is 6.91. The van der Waals surface area contributed by atoms with Gasteiger partial charge in [0.15, 0.2) is 0 Å². The average molecular weight is 337 g/mol. The molecule has 0 spiro atoms. The second kappa shape index (κ2) is 6.02. The zero-order valence-corrected chi connectivity index (χ0v) is 14.9. The molecule has 3 aromatic rings. The summed E-state index contributed by atoms with van der Waals surface area (Å²) in [5, 5.41) is 0. The van der Waals surface area contributed by atoms with E-state index in [1.54, 1.807) is 0 Å². The van der Waals surface area contributed by atoms with Crippen LogP contribution in [0.1, 0.15) is 29.7 Å². The van der Waals surface area contributed by atoms with Crippen molar-refractivity contribution in [2.24, 2.45) is 7.05 Å². The number of hydrogen-bond acceptors (Lipinski definition) is 3. The third-order valence-corrected chi connectivity index (χ3v) is 5.08. The molecule has 4 rings (SSSR count). The Bertz CT molecular complexity index is 939. The highest BCUT2D eigenvalue weighted by atomic mass is 16.2. The van der Waals surface area contributed by atoms with Crippen LogP contribution in [-0.4, -0.2) is 43.0 Å². The molecule has 25 heavy (non-hydrogen) atoms. The lowest BCUT2D eigenvalue weighted by Crippen LogP contribution is -2.32. The molecule has 130 valence electrons. The second-order valence-electron chi connectivity index (χ2n) is 6.91. The van der Waals surface area contributed by atoms with E-state index < -0.39 is 0 Å². The third kappa shape index (κ3) is 2.81. The fourth-order valence-corrected chi connectivity index (χ4v) is 3.84. The zero-order chi connectivity index (χ0) is 17.6. The van der Waals surface area contributed by atoms with E-state index >= 15 is 0 Å². The molecule has 0 unspecified atom stereocenters. The molecular formula is C19H23N5O.